The molecule has 0 spiro atoms. The van der Waals surface area contributed by atoms with E-state index in [9.17, 15) is 4.79 Å². The van der Waals surface area contributed by atoms with Crippen molar-refractivity contribution in [1.29, 1.82) is 0 Å². The molecule has 0 radical (unpaired) electrons. The molecule has 0 unspecified atom stereocenters. The van der Waals surface area contributed by atoms with Crippen LogP contribution < -0.4 is 4.74 Å². The molecule has 2 aromatic carbocycles. The summed E-state index contributed by atoms with van der Waals surface area (Å²) >= 11 is 0. The van der Waals surface area contributed by atoms with E-state index in [0.29, 0.717) is 13.1 Å². The number of carbonyl (C=O) groups excluding carboxylic acids is 1. The molecule has 3 heterocycles. The molecule has 2 aromatic heterocycles. The molecule has 28 heavy (non-hydrogen) atoms. The van der Waals surface area contributed by atoms with E-state index < -0.39 is 0 Å². The Bertz CT molecular complexity index is 1200. The number of aromatic amines is 1. The maximum atomic E-state index is 13.1. The number of hydrogen-bond donors (Lipinski definition) is 1. The summed E-state index contributed by atoms with van der Waals surface area (Å²) in [4.78, 5) is 18.5. The molecule has 0 aliphatic carbocycles. The normalized spacial score (nSPS) is 13.9. The van der Waals surface area contributed by atoms with Crippen molar-refractivity contribution in [2.45, 2.75) is 26.4 Å². The van der Waals surface area contributed by atoms with Crippen LogP contribution in [0.15, 0.2) is 48.7 Å². The van der Waals surface area contributed by atoms with Crippen LogP contribution in [0.3, 0.4) is 0 Å². The third-order valence-corrected chi connectivity index (χ3v) is 5.87. The van der Waals surface area contributed by atoms with Gasteiger partial charge in [0.2, 0.25) is 5.91 Å². The van der Waals surface area contributed by atoms with Crippen molar-refractivity contribution in [3.8, 4) is 5.75 Å². The zero-order valence-corrected chi connectivity index (χ0v) is 16.2. The summed E-state index contributed by atoms with van der Waals surface area (Å²) in [6.45, 7) is 3.85. The smallest absolute Gasteiger partial charge is 0.242 e. The SMILES string of the molecule is COc1ccc2[nH]c3c(c2c1)CN(C(=O)Cn1ccc2c(C)cccc21)CC3. The van der Waals surface area contributed by atoms with Gasteiger partial charge < -0.3 is 19.2 Å². The van der Waals surface area contributed by atoms with Crippen molar-refractivity contribution in [3.63, 3.8) is 0 Å². The van der Waals surface area contributed by atoms with Gasteiger partial charge in [-0.25, -0.2) is 0 Å². The lowest BCUT2D eigenvalue weighted by Crippen LogP contribution is -2.37. The number of hydrogen-bond acceptors (Lipinski definition) is 2. The molecule has 5 rings (SSSR count). The average molecular weight is 373 g/mol. The van der Waals surface area contributed by atoms with Crippen molar-refractivity contribution in [2.24, 2.45) is 0 Å². The van der Waals surface area contributed by atoms with Gasteiger partial charge in [0, 0.05) is 58.8 Å². The van der Waals surface area contributed by atoms with Gasteiger partial charge in [0.05, 0.1) is 7.11 Å². The first-order valence-corrected chi connectivity index (χ1v) is 9.64. The molecule has 4 aromatic rings. The molecule has 0 saturated heterocycles. The molecule has 5 heteroatoms. The molecular weight excluding hydrogens is 350 g/mol. The Balaban J connectivity index is 1.42. The molecule has 0 bridgehead atoms. The second-order valence-corrected chi connectivity index (χ2v) is 7.51. The Kier molecular flexibility index (Phi) is 3.90. The number of aromatic nitrogens is 2. The van der Waals surface area contributed by atoms with E-state index in [1.807, 2.05) is 29.3 Å². The Morgan fingerprint density at radius 3 is 2.93 bits per heavy atom. The van der Waals surface area contributed by atoms with E-state index in [1.165, 1.54) is 22.2 Å². The van der Waals surface area contributed by atoms with E-state index in [0.717, 1.165) is 35.1 Å². The van der Waals surface area contributed by atoms with E-state index in [2.05, 4.69) is 40.7 Å². The number of carbonyl (C=O) groups is 1. The first kappa shape index (κ1) is 16.9. The van der Waals surface area contributed by atoms with Gasteiger partial charge in [0.15, 0.2) is 0 Å². The number of ether oxygens (including phenoxy) is 1. The molecule has 0 saturated carbocycles. The monoisotopic (exact) mass is 373 g/mol. The van der Waals surface area contributed by atoms with Gasteiger partial charge in [0.1, 0.15) is 12.3 Å². The van der Waals surface area contributed by atoms with Crippen LogP contribution in [0.2, 0.25) is 0 Å². The number of rotatable bonds is 3. The minimum Gasteiger partial charge on any atom is -0.497 e. The van der Waals surface area contributed by atoms with Gasteiger partial charge in [-0.05, 0) is 42.8 Å². The number of methoxy groups -OCH3 is 1. The molecule has 1 amide bonds. The minimum atomic E-state index is 0.155. The van der Waals surface area contributed by atoms with Crippen LogP contribution in [0.25, 0.3) is 21.8 Å². The summed E-state index contributed by atoms with van der Waals surface area (Å²) in [5, 5.41) is 2.36. The molecule has 1 aliphatic heterocycles. The molecule has 142 valence electrons. The fourth-order valence-electron chi connectivity index (χ4n) is 4.29. The van der Waals surface area contributed by atoms with Crippen LogP contribution >= 0.6 is 0 Å². The summed E-state index contributed by atoms with van der Waals surface area (Å²) in [7, 11) is 1.68. The third kappa shape index (κ3) is 2.66. The predicted molar refractivity (Wildman–Crippen MR) is 111 cm³/mol. The topological polar surface area (TPSA) is 50.3 Å². The number of nitrogens with zero attached hydrogens (tertiary/aromatic N) is 2. The van der Waals surface area contributed by atoms with Gasteiger partial charge >= 0.3 is 0 Å². The van der Waals surface area contributed by atoms with Crippen LogP contribution in [-0.4, -0.2) is 34.0 Å². The quantitative estimate of drug-likeness (QED) is 0.590. The van der Waals surface area contributed by atoms with Gasteiger partial charge in [0.25, 0.3) is 0 Å². The first-order valence-electron chi connectivity index (χ1n) is 9.64. The largest absolute Gasteiger partial charge is 0.497 e. The van der Waals surface area contributed by atoms with Gasteiger partial charge in [-0.15, -0.1) is 0 Å². The average Bonchev–Trinajstić information content (AvgIpc) is 3.29. The van der Waals surface area contributed by atoms with Crippen LogP contribution in [0.4, 0.5) is 0 Å². The molecule has 1 aliphatic rings. The highest BCUT2D eigenvalue weighted by atomic mass is 16.5. The molecule has 5 nitrogen and oxygen atoms in total. The summed E-state index contributed by atoms with van der Waals surface area (Å²) in [6, 6.07) is 14.4. The van der Waals surface area contributed by atoms with Crippen molar-refractivity contribution in [3.05, 3.63) is 65.5 Å². The molecule has 0 atom stereocenters. The van der Waals surface area contributed by atoms with Crippen LogP contribution in [-0.2, 0) is 24.3 Å². The fraction of sp³-hybridized carbons (Fsp3) is 0.261. The third-order valence-electron chi connectivity index (χ3n) is 5.87. The van der Waals surface area contributed by atoms with E-state index >= 15 is 0 Å². The lowest BCUT2D eigenvalue weighted by atomic mass is 10.0. The lowest BCUT2D eigenvalue weighted by molar-refractivity contribution is -0.132. The molecular formula is C23H23N3O2. The predicted octanol–water partition coefficient (Wildman–Crippen LogP) is 4.02. The Hall–Kier alpha value is -3.21. The highest BCUT2D eigenvalue weighted by Crippen LogP contribution is 2.30. The van der Waals surface area contributed by atoms with Crippen molar-refractivity contribution in [1.82, 2.24) is 14.5 Å². The number of nitrogens with one attached hydrogen (secondary N) is 1. The second kappa shape index (κ2) is 6.44. The number of aryl methyl sites for hydroxylation is 1. The molecule has 1 N–H and O–H groups in total. The van der Waals surface area contributed by atoms with Crippen molar-refractivity contribution in [2.75, 3.05) is 13.7 Å². The maximum Gasteiger partial charge on any atom is 0.242 e. The molecule has 0 fully saturated rings. The zero-order chi connectivity index (χ0) is 19.3. The van der Waals surface area contributed by atoms with E-state index in [-0.39, 0.29) is 5.91 Å². The van der Waals surface area contributed by atoms with Crippen molar-refractivity contribution < 1.29 is 9.53 Å². The number of amides is 1. The van der Waals surface area contributed by atoms with Gasteiger partial charge in [-0.3, -0.25) is 4.79 Å². The standard InChI is InChI=1S/C23H23N3O2/c1-15-4-3-5-22-17(15)8-10-25(22)14-23(27)26-11-9-21-19(13-26)18-12-16(28-2)6-7-20(18)24-21/h3-8,10,12,24H,9,11,13-14H2,1-2H3. The Morgan fingerprint density at radius 1 is 1.18 bits per heavy atom. The summed E-state index contributed by atoms with van der Waals surface area (Å²) in [5.41, 5.74) is 5.89. The van der Waals surface area contributed by atoms with E-state index in [1.54, 1.807) is 7.11 Å². The Labute approximate surface area is 163 Å². The summed E-state index contributed by atoms with van der Waals surface area (Å²) in [6.07, 6.45) is 2.87. The summed E-state index contributed by atoms with van der Waals surface area (Å²) in [5.74, 6) is 0.994. The zero-order valence-electron chi connectivity index (χ0n) is 16.2. The van der Waals surface area contributed by atoms with Crippen LogP contribution in [0.5, 0.6) is 5.75 Å². The Morgan fingerprint density at radius 2 is 2.07 bits per heavy atom. The van der Waals surface area contributed by atoms with Crippen LogP contribution in [0.1, 0.15) is 16.8 Å². The van der Waals surface area contributed by atoms with Crippen molar-refractivity contribution >= 4 is 27.7 Å². The maximum absolute atomic E-state index is 13.1. The van der Waals surface area contributed by atoms with E-state index in [4.69, 9.17) is 4.74 Å². The summed E-state index contributed by atoms with van der Waals surface area (Å²) < 4.78 is 7.43. The highest BCUT2D eigenvalue weighted by molar-refractivity contribution is 5.88. The highest BCUT2D eigenvalue weighted by Gasteiger charge is 2.24. The number of benzene rings is 2. The number of fused-ring (bicyclic) bond motifs is 4. The van der Waals surface area contributed by atoms with Gasteiger partial charge in [-0.1, -0.05) is 12.1 Å². The second-order valence-electron chi connectivity index (χ2n) is 7.51. The first-order chi connectivity index (χ1) is 13.6. The van der Waals surface area contributed by atoms with Crippen LogP contribution in [0, 0.1) is 6.92 Å². The van der Waals surface area contributed by atoms with Gasteiger partial charge in [-0.2, -0.15) is 0 Å². The lowest BCUT2D eigenvalue weighted by Gasteiger charge is -2.27. The number of H-pyrrole nitrogens is 1. The fourth-order valence-corrected chi connectivity index (χ4v) is 4.29. The minimum absolute atomic E-state index is 0.155.